The van der Waals surface area contributed by atoms with Crippen molar-refractivity contribution in [1.82, 2.24) is 5.32 Å². The van der Waals surface area contributed by atoms with Crippen molar-refractivity contribution in [3.8, 4) is 0 Å². The van der Waals surface area contributed by atoms with Gasteiger partial charge in [-0.25, -0.2) is 0 Å². The van der Waals surface area contributed by atoms with Crippen LogP contribution in [0.5, 0.6) is 0 Å². The molecular weight excluding hydrogens is 196 g/mol. The highest BCUT2D eigenvalue weighted by Gasteiger charge is 2.34. The van der Waals surface area contributed by atoms with Crippen LogP contribution in [-0.2, 0) is 4.79 Å². The molecule has 1 aliphatic rings. The van der Waals surface area contributed by atoms with Crippen LogP contribution in [0.1, 0.15) is 33.6 Å². The van der Waals surface area contributed by atoms with E-state index in [-0.39, 0.29) is 11.8 Å². The van der Waals surface area contributed by atoms with Crippen LogP contribution in [0.3, 0.4) is 0 Å². The lowest BCUT2D eigenvalue weighted by atomic mass is 9.75. The zero-order chi connectivity index (χ0) is 10.9. The highest BCUT2D eigenvalue weighted by molar-refractivity contribution is 7.80. The van der Waals surface area contributed by atoms with Crippen molar-refractivity contribution in [2.75, 3.05) is 0 Å². The largest absolute Gasteiger partial charge is 0.391 e. The summed E-state index contributed by atoms with van der Waals surface area (Å²) in [5, 5.41) is 2.87. The normalized spacial score (nSPS) is 26.5. The van der Waals surface area contributed by atoms with Crippen molar-refractivity contribution in [2.24, 2.45) is 17.6 Å². The maximum absolute atomic E-state index is 11.7. The minimum Gasteiger partial charge on any atom is -0.391 e. The third kappa shape index (κ3) is 2.44. The maximum Gasteiger partial charge on any atom is 0.223 e. The van der Waals surface area contributed by atoms with E-state index >= 15 is 0 Å². The molecule has 4 heteroatoms. The van der Waals surface area contributed by atoms with Gasteiger partial charge in [-0.3, -0.25) is 4.79 Å². The van der Waals surface area contributed by atoms with E-state index < -0.39 is 5.54 Å². The van der Waals surface area contributed by atoms with Gasteiger partial charge < -0.3 is 11.1 Å². The molecule has 0 spiro atoms. The van der Waals surface area contributed by atoms with Crippen LogP contribution in [0.2, 0.25) is 0 Å². The molecule has 0 aromatic rings. The lowest BCUT2D eigenvalue weighted by molar-refractivity contribution is -0.129. The molecule has 1 amide bonds. The lowest BCUT2D eigenvalue weighted by Crippen LogP contribution is -2.54. The SMILES string of the molecule is CC1CC(C(=O)NC(C)(C)C(N)=S)C1. The smallest absolute Gasteiger partial charge is 0.223 e. The summed E-state index contributed by atoms with van der Waals surface area (Å²) in [6.07, 6.45) is 1.97. The molecule has 0 aliphatic heterocycles. The Hall–Kier alpha value is -0.640. The van der Waals surface area contributed by atoms with Gasteiger partial charge in [0.15, 0.2) is 0 Å². The second-order valence-corrected chi connectivity index (χ2v) is 5.19. The summed E-state index contributed by atoms with van der Waals surface area (Å²) in [6.45, 7) is 5.81. The van der Waals surface area contributed by atoms with Gasteiger partial charge in [-0.2, -0.15) is 0 Å². The first-order valence-corrected chi connectivity index (χ1v) is 5.35. The van der Waals surface area contributed by atoms with Gasteiger partial charge in [-0.05, 0) is 32.6 Å². The number of amides is 1. The fourth-order valence-electron chi connectivity index (χ4n) is 1.59. The van der Waals surface area contributed by atoms with Crippen LogP contribution in [-0.4, -0.2) is 16.4 Å². The number of rotatable bonds is 3. The van der Waals surface area contributed by atoms with E-state index in [9.17, 15) is 4.79 Å². The summed E-state index contributed by atoms with van der Waals surface area (Å²) >= 11 is 4.88. The van der Waals surface area contributed by atoms with Gasteiger partial charge in [0.2, 0.25) is 5.91 Å². The van der Waals surface area contributed by atoms with Gasteiger partial charge in [0, 0.05) is 5.92 Å². The fourth-order valence-corrected chi connectivity index (χ4v) is 1.64. The highest BCUT2D eigenvalue weighted by atomic mass is 32.1. The van der Waals surface area contributed by atoms with E-state index in [4.69, 9.17) is 18.0 Å². The molecule has 0 heterocycles. The number of carbonyl (C=O) groups is 1. The highest BCUT2D eigenvalue weighted by Crippen LogP contribution is 2.33. The van der Waals surface area contributed by atoms with Crippen molar-refractivity contribution < 1.29 is 4.79 Å². The van der Waals surface area contributed by atoms with Crippen molar-refractivity contribution in [3.05, 3.63) is 0 Å². The van der Waals surface area contributed by atoms with E-state index in [1.807, 2.05) is 13.8 Å². The minimum absolute atomic E-state index is 0.0842. The molecule has 14 heavy (non-hydrogen) atoms. The van der Waals surface area contributed by atoms with Crippen molar-refractivity contribution in [1.29, 1.82) is 0 Å². The van der Waals surface area contributed by atoms with Gasteiger partial charge in [-0.15, -0.1) is 0 Å². The molecule has 1 aliphatic carbocycles. The fraction of sp³-hybridized carbons (Fsp3) is 0.800. The molecular formula is C10H18N2OS. The zero-order valence-electron chi connectivity index (χ0n) is 8.96. The van der Waals surface area contributed by atoms with Crippen LogP contribution in [0.4, 0.5) is 0 Å². The van der Waals surface area contributed by atoms with Crippen LogP contribution in [0, 0.1) is 11.8 Å². The molecule has 1 fully saturated rings. The first-order chi connectivity index (χ1) is 6.33. The predicted octanol–water partition coefficient (Wildman–Crippen LogP) is 1.21. The Balaban J connectivity index is 2.45. The number of hydrogen-bond acceptors (Lipinski definition) is 2. The van der Waals surface area contributed by atoms with E-state index in [0.717, 1.165) is 12.8 Å². The standard InChI is InChI=1S/C10H18N2OS/c1-6-4-7(5-6)8(13)12-10(2,3)9(11)14/h6-7H,4-5H2,1-3H3,(H2,11,14)(H,12,13). The summed E-state index contributed by atoms with van der Waals surface area (Å²) in [4.78, 5) is 12.0. The summed E-state index contributed by atoms with van der Waals surface area (Å²) in [5.41, 5.74) is 4.96. The van der Waals surface area contributed by atoms with Gasteiger partial charge >= 0.3 is 0 Å². The number of nitrogens with two attached hydrogens (primary N) is 1. The molecule has 1 saturated carbocycles. The van der Waals surface area contributed by atoms with E-state index in [0.29, 0.717) is 10.9 Å². The van der Waals surface area contributed by atoms with Crippen molar-refractivity contribution >= 4 is 23.1 Å². The molecule has 1 rings (SSSR count). The Bertz CT molecular complexity index is 257. The Labute approximate surface area is 90.4 Å². The lowest BCUT2D eigenvalue weighted by Gasteiger charge is -2.34. The summed E-state index contributed by atoms with van der Waals surface area (Å²) < 4.78 is 0. The molecule has 0 bridgehead atoms. The third-order valence-corrected chi connectivity index (χ3v) is 3.31. The maximum atomic E-state index is 11.7. The second-order valence-electron chi connectivity index (χ2n) is 4.75. The van der Waals surface area contributed by atoms with E-state index in [1.54, 1.807) is 0 Å². The number of thiocarbonyl (C=S) groups is 1. The van der Waals surface area contributed by atoms with Crippen molar-refractivity contribution in [2.45, 2.75) is 39.2 Å². The number of carbonyl (C=O) groups excluding carboxylic acids is 1. The first kappa shape index (κ1) is 11.4. The minimum atomic E-state index is -0.564. The molecule has 0 aromatic heterocycles. The van der Waals surface area contributed by atoms with Gasteiger partial charge in [-0.1, -0.05) is 19.1 Å². The molecule has 0 saturated heterocycles. The zero-order valence-corrected chi connectivity index (χ0v) is 9.78. The van der Waals surface area contributed by atoms with Crippen LogP contribution < -0.4 is 11.1 Å². The predicted molar refractivity (Wildman–Crippen MR) is 60.9 cm³/mol. The third-order valence-electron chi connectivity index (χ3n) is 2.80. The van der Waals surface area contributed by atoms with Gasteiger partial charge in [0.25, 0.3) is 0 Å². The summed E-state index contributed by atoms with van der Waals surface area (Å²) in [6, 6.07) is 0. The number of hydrogen-bond donors (Lipinski definition) is 2. The Morgan fingerprint density at radius 2 is 2.00 bits per heavy atom. The first-order valence-electron chi connectivity index (χ1n) is 4.95. The summed E-state index contributed by atoms with van der Waals surface area (Å²) in [7, 11) is 0. The molecule has 0 atom stereocenters. The monoisotopic (exact) mass is 214 g/mol. The van der Waals surface area contributed by atoms with Crippen molar-refractivity contribution in [3.63, 3.8) is 0 Å². The van der Waals surface area contributed by atoms with Crippen LogP contribution in [0.15, 0.2) is 0 Å². The van der Waals surface area contributed by atoms with Crippen LogP contribution >= 0.6 is 12.2 Å². The van der Waals surface area contributed by atoms with Gasteiger partial charge in [0.1, 0.15) is 0 Å². The van der Waals surface area contributed by atoms with Crippen LogP contribution in [0.25, 0.3) is 0 Å². The molecule has 3 nitrogen and oxygen atoms in total. The summed E-state index contributed by atoms with van der Waals surface area (Å²) in [5.74, 6) is 0.929. The van der Waals surface area contributed by atoms with Gasteiger partial charge in [0.05, 0.1) is 10.5 Å². The molecule has 0 aromatic carbocycles. The number of nitrogens with one attached hydrogen (secondary N) is 1. The molecule has 3 N–H and O–H groups in total. The molecule has 0 radical (unpaired) electrons. The average Bonchev–Trinajstić information content (AvgIpc) is 1.97. The Morgan fingerprint density at radius 1 is 1.50 bits per heavy atom. The Kier molecular flexibility index (Phi) is 3.14. The quantitative estimate of drug-likeness (QED) is 0.694. The van der Waals surface area contributed by atoms with E-state index in [2.05, 4.69) is 12.2 Å². The topological polar surface area (TPSA) is 55.1 Å². The van der Waals surface area contributed by atoms with E-state index in [1.165, 1.54) is 0 Å². The molecule has 80 valence electrons. The average molecular weight is 214 g/mol. The molecule has 0 unspecified atom stereocenters. The Morgan fingerprint density at radius 3 is 2.36 bits per heavy atom. The second kappa shape index (κ2) is 3.85.